The third kappa shape index (κ3) is 5.28. The molecule has 35 valence electrons. The van der Waals surface area contributed by atoms with Gasteiger partial charge in [0.15, 0.2) is 0 Å². The van der Waals surface area contributed by atoms with Crippen LogP contribution in [0, 0.1) is 46.0 Å². The van der Waals surface area contributed by atoms with Crippen molar-refractivity contribution in [2.45, 2.75) is 0 Å². The first-order valence-corrected chi connectivity index (χ1v) is 1.91. The van der Waals surface area contributed by atoms with Gasteiger partial charge < -0.3 is 0 Å². The van der Waals surface area contributed by atoms with Crippen molar-refractivity contribution < 1.29 is 39.9 Å². The maximum absolute atomic E-state index is 2.89. The average Bonchev–Trinajstić information content (AvgIpc) is 1.72. The molecule has 0 heterocycles. The summed E-state index contributed by atoms with van der Waals surface area (Å²) in [6.07, 6.45) is 0. The van der Waals surface area contributed by atoms with Crippen LogP contribution in [0.3, 0.4) is 0 Å². The molecule has 0 aliphatic heterocycles. The van der Waals surface area contributed by atoms with E-state index in [4.69, 9.17) is 0 Å². The van der Waals surface area contributed by atoms with Crippen LogP contribution in [-0.4, -0.2) is 18.9 Å². The van der Waals surface area contributed by atoms with Gasteiger partial charge in [-0.15, -0.1) is 0 Å². The van der Waals surface area contributed by atoms with Crippen molar-refractivity contribution in [1.29, 1.82) is 0 Å². The van der Waals surface area contributed by atoms with Crippen molar-refractivity contribution >= 4 is 18.9 Å². The van der Waals surface area contributed by atoms with Crippen LogP contribution in [0.2, 0.25) is 0 Å². The van der Waals surface area contributed by atoms with Crippen molar-refractivity contribution in [2.75, 3.05) is 0 Å². The summed E-state index contributed by atoms with van der Waals surface area (Å²) in [6.45, 7) is 0. The minimum absolute atomic E-state index is 0. The van der Waals surface area contributed by atoms with Crippen LogP contribution in [-0.2, 0) is 0 Å². The molecule has 0 nitrogen and oxygen atoms in total. The molecule has 0 aliphatic carbocycles. The Morgan fingerprint density at radius 3 is 1.50 bits per heavy atom. The quantitative estimate of drug-likeness (QED) is 0.497. The standard InChI is InChI=1S/C6H5.Li.Th/c1-2-4-6-5-3-1;;/h1-5H;;/q-1;;. The fourth-order valence-electron chi connectivity index (χ4n) is 0.342. The number of rotatable bonds is 0. The summed E-state index contributed by atoms with van der Waals surface area (Å²) in [6, 6.07) is 12.5. The van der Waals surface area contributed by atoms with Crippen LogP contribution in [0.1, 0.15) is 0 Å². The van der Waals surface area contributed by atoms with E-state index in [0.29, 0.717) is 0 Å². The summed E-state index contributed by atoms with van der Waals surface area (Å²) in [5.41, 5.74) is 0. The molecule has 0 saturated carbocycles. The zero-order chi connectivity index (χ0) is 4.24. The van der Waals surface area contributed by atoms with Gasteiger partial charge >= 0.3 is 0 Å². The van der Waals surface area contributed by atoms with Gasteiger partial charge in [-0.2, -0.15) is 36.4 Å². The molecule has 0 aromatic heterocycles. The van der Waals surface area contributed by atoms with Gasteiger partial charge in [0.1, 0.15) is 0 Å². The summed E-state index contributed by atoms with van der Waals surface area (Å²) >= 11 is 0. The summed E-state index contributed by atoms with van der Waals surface area (Å²) < 4.78 is 0. The normalized spacial score (nSPS) is 6.00. The molecule has 1 radical (unpaired) electrons. The zero-order valence-corrected chi connectivity index (χ0v) is 9.00. The molecular weight excluding hydrogens is 311 g/mol. The fourth-order valence-corrected chi connectivity index (χ4v) is 0.342. The molecule has 1 rings (SSSR count). The largest absolute Gasteiger partial charge is 0.184 e. The fraction of sp³-hybridized carbons (Fsp3) is 0. The van der Waals surface area contributed by atoms with Crippen LogP contribution in [0.25, 0.3) is 0 Å². The van der Waals surface area contributed by atoms with E-state index >= 15 is 0 Å². The third-order valence-electron chi connectivity index (χ3n) is 0.607. The average molecular weight is 316 g/mol. The van der Waals surface area contributed by atoms with E-state index in [9.17, 15) is 0 Å². The number of hydrogen-bond donors (Lipinski definition) is 0. The monoisotopic (exact) mass is 316 g/mol. The Bertz CT molecular complexity index is 80.5. The molecular formula is C6H5LiTh-. The van der Waals surface area contributed by atoms with E-state index in [2.05, 4.69) is 6.07 Å². The second-order valence-corrected chi connectivity index (χ2v) is 1.08. The van der Waals surface area contributed by atoms with E-state index < -0.39 is 0 Å². The summed E-state index contributed by atoms with van der Waals surface area (Å²) in [4.78, 5) is 0. The van der Waals surface area contributed by atoms with Gasteiger partial charge in [0.05, 0.1) is 0 Å². The molecule has 0 spiro atoms. The summed E-state index contributed by atoms with van der Waals surface area (Å²) in [5, 5.41) is 0. The molecule has 1 aromatic rings. The van der Waals surface area contributed by atoms with Gasteiger partial charge in [0.2, 0.25) is 0 Å². The molecule has 0 aliphatic rings. The molecule has 0 fully saturated rings. The molecule has 0 amide bonds. The van der Waals surface area contributed by atoms with Crippen LogP contribution in [0.15, 0.2) is 30.3 Å². The molecule has 0 unspecified atom stereocenters. The Balaban J connectivity index is 0. The first-order chi connectivity index (χ1) is 3.00. The van der Waals surface area contributed by atoms with Gasteiger partial charge in [0.25, 0.3) is 0 Å². The van der Waals surface area contributed by atoms with E-state index in [0.717, 1.165) is 0 Å². The van der Waals surface area contributed by atoms with Crippen molar-refractivity contribution in [3.8, 4) is 0 Å². The minimum Gasteiger partial charge on any atom is -0.184 e. The van der Waals surface area contributed by atoms with E-state index in [1.165, 1.54) is 0 Å². The Morgan fingerprint density at radius 2 is 1.38 bits per heavy atom. The van der Waals surface area contributed by atoms with Crippen molar-refractivity contribution in [3.05, 3.63) is 36.4 Å². The van der Waals surface area contributed by atoms with Gasteiger partial charge in [0, 0.05) is 58.8 Å². The summed E-state index contributed by atoms with van der Waals surface area (Å²) in [5.74, 6) is 0. The van der Waals surface area contributed by atoms with Gasteiger partial charge in [-0.25, -0.2) is 0 Å². The predicted octanol–water partition coefficient (Wildman–Crippen LogP) is 1.11. The smallest absolute Gasteiger partial charge is 0 e. The molecule has 0 bridgehead atoms. The van der Waals surface area contributed by atoms with E-state index in [1.54, 1.807) is 0 Å². The van der Waals surface area contributed by atoms with Crippen molar-refractivity contribution in [2.24, 2.45) is 0 Å². The Labute approximate surface area is 93.9 Å². The second-order valence-electron chi connectivity index (χ2n) is 1.08. The first kappa shape index (κ1) is 11.9. The first-order valence-electron chi connectivity index (χ1n) is 1.91. The van der Waals surface area contributed by atoms with E-state index in [-0.39, 0.29) is 58.8 Å². The Hall–Kier alpha value is 1.14. The van der Waals surface area contributed by atoms with Crippen LogP contribution in [0.5, 0.6) is 0 Å². The van der Waals surface area contributed by atoms with Crippen LogP contribution in [0.4, 0.5) is 0 Å². The van der Waals surface area contributed by atoms with Gasteiger partial charge in [-0.05, 0) is 0 Å². The third-order valence-corrected chi connectivity index (χ3v) is 0.607. The molecule has 0 N–H and O–H groups in total. The van der Waals surface area contributed by atoms with Crippen LogP contribution >= 0.6 is 0 Å². The van der Waals surface area contributed by atoms with Crippen LogP contribution < -0.4 is 0 Å². The van der Waals surface area contributed by atoms with E-state index in [1.807, 2.05) is 30.3 Å². The predicted molar refractivity (Wildman–Crippen MR) is 31.0 cm³/mol. The Morgan fingerprint density at radius 1 is 0.875 bits per heavy atom. The molecule has 0 saturated heterocycles. The van der Waals surface area contributed by atoms with Gasteiger partial charge in [-0.1, -0.05) is 0 Å². The molecule has 2 heteroatoms. The number of benzene rings is 1. The maximum Gasteiger partial charge on any atom is 0 e. The summed E-state index contributed by atoms with van der Waals surface area (Å²) in [7, 11) is 0. The maximum atomic E-state index is 2.89. The Kier molecular flexibility index (Phi) is 12.1. The SMILES string of the molecule is [Li].[Th].[c-]1ccccc1. The zero-order valence-electron chi connectivity index (χ0n) is 4.89. The van der Waals surface area contributed by atoms with Crippen molar-refractivity contribution in [3.63, 3.8) is 0 Å². The topological polar surface area (TPSA) is 0 Å². The molecule has 0 atom stereocenters. The number of hydrogen-bond acceptors (Lipinski definition) is 0. The van der Waals surface area contributed by atoms with Crippen molar-refractivity contribution in [1.82, 2.24) is 0 Å². The minimum atomic E-state index is 0. The van der Waals surface area contributed by atoms with Gasteiger partial charge in [-0.3, -0.25) is 0 Å². The second kappa shape index (κ2) is 8.14. The molecule has 1 aromatic carbocycles. The molecule has 8 heavy (non-hydrogen) atoms.